The Morgan fingerprint density at radius 2 is 2.44 bits per heavy atom. The smallest absolute Gasteiger partial charge is 0.0725 e. The molecule has 1 saturated heterocycles. The van der Waals surface area contributed by atoms with Gasteiger partial charge in [0.15, 0.2) is 0 Å². The molecular formula is C7H15NO. The fourth-order valence-electron chi connectivity index (χ4n) is 1.22. The van der Waals surface area contributed by atoms with E-state index in [1.165, 1.54) is 6.42 Å². The highest BCUT2D eigenvalue weighted by Gasteiger charge is 2.22. The third kappa shape index (κ3) is 1.66. The van der Waals surface area contributed by atoms with Crippen molar-refractivity contribution in [3.63, 3.8) is 0 Å². The van der Waals surface area contributed by atoms with Crippen molar-refractivity contribution in [2.75, 3.05) is 20.2 Å². The third-order valence-corrected chi connectivity index (χ3v) is 1.95. The molecule has 0 bridgehead atoms. The lowest BCUT2D eigenvalue weighted by Crippen LogP contribution is -2.27. The molecule has 1 fully saturated rings. The number of hydrogen-bond acceptors (Lipinski definition) is 2. The second-order valence-corrected chi connectivity index (χ2v) is 2.73. The average Bonchev–Trinajstić information content (AvgIpc) is 2.18. The molecule has 1 N–H and O–H groups in total. The maximum atomic E-state index is 5.44. The van der Waals surface area contributed by atoms with Crippen LogP contribution in [0.2, 0.25) is 0 Å². The molecule has 1 aliphatic heterocycles. The molecule has 9 heavy (non-hydrogen) atoms. The van der Waals surface area contributed by atoms with Gasteiger partial charge in [-0.25, -0.2) is 0 Å². The minimum atomic E-state index is 0.468. The van der Waals surface area contributed by atoms with Crippen LogP contribution in [0.15, 0.2) is 0 Å². The van der Waals surface area contributed by atoms with Crippen molar-refractivity contribution >= 4 is 0 Å². The van der Waals surface area contributed by atoms with Gasteiger partial charge >= 0.3 is 0 Å². The molecule has 1 heterocycles. The summed E-state index contributed by atoms with van der Waals surface area (Å²) in [5, 5.41) is 3.12. The molecule has 0 aromatic rings. The standard InChI is InChI=1S/C7H15NO/c1-6-3-4-9-7(6)5-8-2/h6-8H,3-5H2,1-2H3/t6-,7-/m1/s1. The van der Waals surface area contributed by atoms with Crippen molar-refractivity contribution in [2.24, 2.45) is 5.92 Å². The summed E-state index contributed by atoms with van der Waals surface area (Å²) in [6.07, 6.45) is 1.70. The molecule has 0 aromatic carbocycles. The molecule has 1 aliphatic rings. The summed E-state index contributed by atoms with van der Waals surface area (Å²) in [5.74, 6) is 0.748. The Bertz CT molecular complexity index is 85.0. The van der Waals surface area contributed by atoms with Crippen LogP contribution in [-0.4, -0.2) is 26.3 Å². The highest BCUT2D eigenvalue weighted by molar-refractivity contribution is 4.73. The zero-order chi connectivity index (χ0) is 6.69. The zero-order valence-electron chi connectivity index (χ0n) is 6.18. The third-order valence-electron chi connectivity index (χ3n) is 1.95. The first-order valence-electron chi connectivity index (χ1n) is 3.61. The quantitative estimate of drug-likeness (QED) is 0.590. The number of likely N-dealkylation sites (N-methyl/N-ethyl adjacent to an activating group) is 1. The van der Waals surface area contributed by atoms with E-state index in [0.717, 1.165) is 19.1 Å². The Morgan fingerprint density at radius 1 is 1.67 bits per heavy atom. The summed E-state index contributed by atoms with van der Waals surface area (Å²) in [7, 11) is 1.97. The van der Waals surface area contributed by atoms with Gasteiger partial charge in [0.1, 0.15) is 0 Å². The highest BCUT2D eigenvalue weighted by atomic mass is 16.5. The fraction of sp³-hybridized carbons (Fsp3) is 1.00. The minimum Gasteiger partial charge on any atom is -0.377 e. The number of ether oxygens (including phenoxy) is 1. The average molecular weight is 129 g/mol. The Labute approximate surface area is 56.6 Å². The lowest BCUT2D eigenvalue weighted by atomic mass is 10.0. The van der Waals surface area contributed by atoms with Gasteiger partial charge in [-0.05, 0) is 19.4 Å². The van der Waals surface area contributed by atoms with Gasteiger partial charge in [-0.2, -0.15) is 0 Å². The number of rotatable bonds is 2. The van der Waals surface area contributed by atoms with Crippen LogP contribution >= 0.6 is 0 Å². The van der Waals surface area contributed by atoms with Crippen LogP contribution in [0.3, 0.4) is 0 Å². The van der Waals surface area contributed by atoms with Crippen molar-refractivity contribution in [2.45, 2.75) is 19.4 Å². The second-order valence-electron chi connectivity index (χ2n) is 2.73. The Morgan fingerprint density at radius 3 is 2.89 bits per heavy atom. The minimum absolute atomic E-state index is 0.468. The largest absolute Gasteiger partial charge is 0.377 e. The monoisotopic (exact) mass is 129 g/mol. The normalized spacial score (nSPS) is 35.3. The van der Waals surface area contributed by atoms with Gasteiger partial charge in [-0.1, -0.05) is 6.92 Å². The van der Waals surface area contributed by atoms with E-state index in [0.29, 0.717) is 6.10 Å². The van der Waals surface area contributed by atoms with Gasteiger partial charge < -0.3 is 10.1 Å². The van der Waals surface area contributed by atoms with Gasteiger partial charge in [0, 0.05) is 13.2 Å². The van der Waals surface area contributed by atoms with E-state index in [-0.39, 0.29) is 0 Å². The van der Waals surface area contributed by atoms with Crippen LogP contribution < -0.4 is 5.32 Å². The van der Waals surface area contributed by atoms with Crippen LogP contribution in [-0.2, 0) is 4.74 Å². The summed E-state index contributed by atoms with van der Waals surface area (Å²) >= 11 is 0. The van der Waals surface area contributed by atoms with Gasteiger partial charge in [0.2, 0.25) is 0 Å². The van der Waals surface area contributed by atoms with E-state index in [9.17, 15) is 0 Å². The van der Waals surface area contributed by atoms with E-state index in [4.69, 9.17) is 4.74 Å². The molecule has 2 heteroatoms. The molecule has 0 unspecified atom stereocenters. The lowest BCUT2D eigenvalue weighted by Gasteiger charge is -2.12. The molecular weight excluding hydrogens is 114 g/mol. The van der Waals surface area contributed by atoms with Crippen molar-refractivity contribution in [1.82, 2.24) is 5.32 Å². The molecule has 0 aromatic heterocycles. The van der Waals surface area contributed by atoms with Crippen LogP contribution in [0.4, 0.5) is 0 Å². The van der Waals surface area contributed by atoms with E-state index < -0.39 is 0 Å². The maximum absolute atomic E-state index is 5.44. The van der Waals surface area contributed by atoms with E-state index in [1.54, 1.807) is 0 Å². The van der Waals surface area contributed by atoms with Crippen molar-refractivity contribution in [3.05, 3.63) is 0 Å². The Balaban J connectivity index is 2.22. The van der Waals surface area contributed by atoms with E-state index in [1.807, 2.05) is 7.05 Å². The number of hydrogen-bond donors (Lipinski definition) is 1. The lowest BCUT2D eigenvalue weighted by molar-refractivity contribution is 0.0951. The maximum Gasteiger partial charge on any atom is 0.0725 e. The van der Waals surface area contributed by atoms with Crippen LogP contribution in [0.1, 0.15) is 13.3 Å². The second kappa shape index (κ2) is 3.18. The fourth-order valence-corrected chi connectivity index (χ4v) is 1.22. The summed E-state index contributed by atoms with van der Waals surface area (Å²) in [4.78, 5) is 0. The summed E-state index contributed by atoms with van der Waals surface area (Å²) in [5.41, 5.74) is 0. The van der Waals surface area contributed by atoms with Crippen molar-refractivity contribution in [3.8, 4) is 0 Å². The van der Waals surface area contributed by atoms with Crippen LogP contribution in [0, 0.1) is 5.92 Å². The van der Waals surface area contributed by atoms with Gasteiger partial charge in [0.05, 0.1) is 6.10 Å². The summed E-state index contributed by atoms with van der Waals surface area (Å²) < 4.78 is 5.44. The molecule has 2 atom stereocenters. The van der Waals surface area contributed by atoms with E-state index >= 15 is 0 Å². The highest BCUT2D eigenvalue weighted by Crippen LogP contribution is 2.18. The molecule has 0 spiro atoms. The number of nitrogens with one attached hydrogen (secondary N) is 1. The first-order valence-corrected chi connectivity index (χ1v) is 3.61. The van der Waals surface area contributed by atoms with Crippen molar-refractivity contribution < 1.29 is 4.74 Å². The molecule has 0 saturated carbocycles. The van der Waals surface area contributed by atoms with Gasteiger partial charge in [0.25, 0.3) is 0 Å². The van der Waals surface area contributed by atoms with Crippen LogP contribution in [0.5, 0.6) is 0 Å². The predicted molar refractivity (Wildman–Crippen MR) is 37.4 cm³/mol. The molecule has 1 rings (SSSR count). The zero-order valence-corrected chi connectivity index (χ0v) is 6.18. The first kappa shape index (κ1) is 7.03. The SMILES string of the molecule is CNC[C@H]1OCC[C@H]1C. The molecule has 2 nitrogen and oxygen atoms in total. The Kier molecular flexibility index (Phi) is 2.49. The van der Waals surface area contributed by atoms with Gasteiger partial charge in [-0.3, -0.25) is 0 Å². The molecule has 54 valence electrons. The molecule has 0 radical (unpaired) electrons. The molecule has 0 amide bonds. The summed E-state index contributed by atoms with van der Waals surface area (Å²) in [6, 6.07) is 0. The predicted octanol–water partition coefficient (Wildman–Crippen LogP) is 0.631. The molecule has 0 aliphatic carbocycles. The Hall–Kier alpha value is -0.0800. The summed E-state index contributed by atoms with van der Waals surface area (Å²) in [6.45, 7) is 4.20. The van der Waals surface area contributed by atoms with Gasteiger partial charge in [-0.15, -0.1) is 0 Å². The first-order chi connectivity index (χ1) is 4.34. The van der Waals surface area contributed by atoms with Crippen LogP contribution in [0.25, 0.3) is 0 Å². The van der Waals surface area contributed by atoms with E-state index in [2.05, 4.69) is 12.2 Å². The topological polar surface area (TPSA) is 21.3 Å². The van der Waals surface area contributed by atoms with Crippen molar-refractivity contribution in [1.29, 1.82) is 0 Å².